The summed E-state index contributed by atoms with van der Waals surface area (Å²) in [6, 6.07) is 0. The molecule has 0 bridgehead atoms. The number of nitrogens with zero attached hydrogens (tertiary/aromatic N) is 4. The molecule has 0 spiro atoms. The summed E-state index contributed by atoms with van der Waals surface area (Å²) in [6.07, 6.45) is 1.50. The number of aromatic amines is 2. The van der Waals surface area contributed by atoms with Crippen LogP contribution in [0.25, 0.3) is 11.5 Å². The van der Waals surface area contributed by atoms with Crippen LogP contribution in [-0.4, -0.2) is 35.7 Å². The number of hydrogen-bond acceptors (Lipinski definition) is 5. The summed E-state index contributed by atoms with van der Waals surface area (Å²) in [7, 11) is 0. The fourth-order valence-electron chi connectivity index (χ4n) is 0.790. The molecule has 2 aromatic rings. The van der Waals surface area contributed by atoms with Crippen LogP contribution in [0.1, 0.15) is 5.82 Å². The Morgan fingerprint density at radius 2 is 2.33 bits per heavy atom. The highest BCUT2D eigenvalue weighted by Crippen LogP contribution is 2.07. The Morgan fingerprint density at radius 3 is 2.92 bits per heavy atom. The standard InChI is InChI=1S/C5H6N6O/c12-2-4-7-5(10-9-4)3-1-6-11-8-3/h1,12H,2H2,(H,6,8,11)(H,7,9,10). The lowest BCUT2D eigenvalue weighted by molar-refractivity contribution is 0.272. The normalized spacial score (nSPS) is 10.4. The van der Waals surface area contributed by atoms with Gasteiger partial charge in [0.05, 0.1) is 6.20 Å². The van der Waals surface area contributed by atoms with E-state index >= 15 is 0 Å². The van der Waals surface area contributed by atoms with Gasteiger partial charge in [0.1, 0.15) is 6.61 Å². The van der Waals surface area contributed by atoms with E-state index in [4.69, 9.17) is 5.11 Å². The molecular weight excluding hydrogens is 160 g/mol. The maximum Gasteiger partial charge on any atom is 0.203 e. The van der Waals surface area contributed by atoms with Crippen LogP contribution >= 0.6 is 0 Å². The number of nitrogens with one attached hydrogen (secondary N) is 2. The smallest absolute Gasteiger partial charge is 0.203 e. The number of rotatable bonds is 2. The minimum atomic E-state index is -0.162. The van der Waals surface area contributed by atoms with Gasteiger partial charge >= 0.3 is 0 Å². The number of aliphatic hydroxyl groups excluding tert-OH is 1. The van der Waals surface area contributed by atoms with Crippen LogP contribution < -0.4 is 0 Å². The molecule has 2 heterocycles. The molecule has 0 fully saturated rings. The molecule has 3 N–H and O–H groups in total. The highest BCUT2D eigenvalue weighted by atomic mass is 16.3. The van der Waals surface area contributed by atoms with Gasteiger partial charge in [-0.15, -0.1) is 0 Å². The number of H-pyrrole nitrogens is 2. The third kappa shape index (κ3) is 1.05. The molecule has 0 saturated heterocycles. The topological polar surface area (TPSA) is 103 Å². The van der Waals surface area contributed by atoms with Gasteiger partial charge in [0.25, 0.3) is 0 Å². The van der Waals surface area contributed by atoms with Crippen LogP contribution in [0.5, 0.6) is 0 Å². The Morgan fingerprint density at radius 1 is 1.42 bits per heavy atom. The lowest BCUT2D eigenvalue weighted by Gasteiger charge is -1.81. The zero-order chi connectivity index (χ0) is 8.39. The molecule has 0 aliphatic heterocycles. The minimum absolute atomic E-state index is 0.162. The van der Waals surface area contributed by atoms with Gasteiger partial charge in [-0.05, 0) is 0 Å². The van der Waals surface area contributed by atoms with Crippen molar-refractivity contribution in [1.29, 1.82) is 0 Å². The van der Waals surface area contributed by atoms with E-state index in [0.717, 1.165) is 0 Å². The van der Waals surface area contributed by atoms with Crippen molar-refractivity contribution in [2.45, 2.75) is 6.61 Å². The minimum Gasteiger partial charge on any atom is -0.388 e. The van der Waals surface area contributed by atoms with Crippen LogP contribution in [0, 0.1) is 0 Å². The maximum absolute atomic E-state index is 8.67. The monoisotopic (exact) mass is 166 g/mol. The zero-order valence-electron chi connectivity index (χ0n) is 6.02. The molecule has 0 aromatic carbocycles. The summed E-state index contributed by atoms with van der Waals surface area (Å²) in [4.78, 5) is 3.93. The first kappa shape index (κ1) is 6.92. The fourth-order valence-corrected chi connectivity index (χ4v) is 0.790. The Balaban J connectivity index is 2.35. The Bertz CT molecular complexity index is 352. The first-order valence-corrected chi connectivity index (χ1v) is 3.28. The molecule has 12 heavy (non-hydrogen) atoms. The van der Waals surface area contributed by atoms with Gasteiger partial charge in [-0.25, -0.2) is 4.98 Å². The van der Waals surface area contributed by atoms with Crippen LogP contribution in [0.3, 0.4) is 0 Å². The Labute approximate surface area is 66.8 Å². The molecule has 2 aromatic heterocycles. The summed E-state index contributed by atoms with van der Waals surface area (Å²) >= 11 is 0. The molecule has 2 rings (SSSR count). The highest BCUT2D eigenvalue weighted by molar-refractivity contribution is 5.45. The van der Waals surface area contributed by atoms with Crippen molar-refractivity contribution in [3.05, 3.63) is 12.0 Å². The summed E-state index contributed by atoms with van der Waals surface area (Å²) < 4.78 is 0. The van der Waals surface area contributed by atoms with Crippen molar-refractivity contribution < 1.29 is 5.11 Å². The summed E-state index contributed by atoms with van der Waals surface area (Å²) in [5, 5.41) is 24.8. The van der Waals surface area contributed by atoms with Crippen molar-refractivity contribution in [2.24, 2.45) is 0 Å². The van der Waals surface area contributed by atoms with E-state index in [0.29, 0.717) is 17.3 Å². The van der Waals surface area contributed by atoms with E-state index in [1.165, 1.54) is 6.20 Å². The van der Waals surface area contributed by atoms with Crippen LogP contribution in [0.4, 0.5) is 0 Å². The second-order valence-electron chi connectivity index (χ2n) is 2.12. The number of aromatic nitrogens is 6. The number of hydrogen-bond donors (Lipinski definition) is 3. The van der Waals surface area contributed by atoms with E-state index in [9.17, 15) is 0 Å². The van der Waals surface area contributed by atoms with E-state index in [1.807, 2.05) is 0 Å². The van der Waals surface area contributed by atoms with Crippen molar-refractivity contribution in [3.8, 4) is 11.5 Å². The van der Waals surface area contributed by atoms with Gasteiger partial charge in [0.15, 0.2) is 11.5 Å². The molecule has 7 nitrogen and oxygen atoms in total. The van der Waals surface area contributed by atoms with Gasteiger partial charge in [0.2, 0.25) is 5.82 Å². The molecule has 0 unspecified atom stereocenters. The van der Waals surface area contributed by atoms with Crippen molar-refractivity contribution in [2.75, 3.05) is 0 Å². The Kier molecular flexibility index (Phi) is 1.56. The quantitative estimate of drug-likeness (QED) is 0.535. The van der Waals surface area contributed by atoms with Crippen molar-refractivity contribution >= 4 is 0 Å². The predicted octanol–water partition coefficient (Wildman–Crippen LogP) is -0.918. The fraction of sp³-hybridized carbons (Fsp3) is 0.200. The summed E-state index contributed by atoms with van der Waals surface area (Å²) in [6.45, 7) is -0.162. The largest absolute Gasteiger partial charge is 0.388 e. The van der Waals surface area contributed by atoms with Gasteiger partial charge in [-0.1, -0.05) is 0 Å². The first-order chi connectivity index (χ1) is 5.90. The van der Waals surface area contributed by atoms with Gasteiger partial charge in [-0.2, -0.15) is 20.5 Å². The molecule has 7 heteroatoms. The SMILES string of the molecule is OCc1nc(-c2cn[nH]n2)n[nH]1. The predicted molar refractivity (Wildman–Crippen MR) is 37.7 cm³/mol. The first-order valence-electron chi connectivity index (χ1n) is 3.28. The van der Waals surface area contributed by atoms with Gasteiger partial charge < -0.3 is 5.11 Å². The van der Waals surface area contributed by atoms with Gasteiger partial charge in [0, 0.05) is 0 Å². The van der Waals surface area contributed by atoms with E-state index < -0.39 is 0 Å². The molecule has 0 saturated carbocycles. The maximum atomic E-state index is 8.67. The van der Waals surface area contributed by atoms with Crippen molar-refractivity contribution in [1.82, 2.24) is 30.6 Å². The molecule has 62 valence electrons. The zero-order valence-corrected chi connectivity index (χ0v) is 6.02. The second-order valence-corrected chi connectivity index (χ2v) is 2.12. The van der Waals surface area contributed by atoms with Crippen LogP contribution in [-0.2, 0) is 6.61 Å². The molecule has 0 radical (unpaired) electrons. The van der Waals surface area contributed by atoms with E-state index in [-0.39, 0.29) is 6.61 Å². The lowest BCUT2D eigenvalue weighted by atomic mass is 10.5. The van der Waals surface area contributed by atoms with Crippen molar-refractivity contribution in [3.63, 3.8) is 0 Å². The summed E-state index contributed by atoms with van der Waals surface area (Å²) in [5.74, 6) is 0.834. The van der Waals surface area contributed by atoms with Crippen LogP contribution in [0.2, 0.25) is 0 Å². The second kappa shape index (κ2) is 2.70. The van der Waals surface area contributed by atoms with Crippen LogP contribution in [0.15, 0.2) is 6.20 Å². The third-order valence-corrected chi connectivity index (χ3v) is 1.33. The average molecular weight is 166 g/mol. The molecule has 0 aliphatic rings. The van der Waals surface area contributed by atoms with E-state index in [2.05, 4.69) is 30.6 Å². The molecule has 0 amide bonds. The lowest BCUT2D eigenvalue weighted by Crippen LogP contribution is -1.84. The van der Waals surface area contributed by atoms with Gasteiger partial charge in [-0.3, -0.25) is 5.10 Å². The van der Waals surface area contributed by atoms with E-state index in [1.54, 1.807) is 0 Å². The Hall–Kier alpha value is -1.76. The molecule has 0 aliphatic carbocycles. The third-order valence-electron chi connectivity index (χ3n) is 1.33. The average Bonchev–Trinajstić information content (AvgIpc) is 2.75. The molecule has 0 atom stereocenters. The number of aliphatic hydroxyl groups is 1. The summed E-state index contributed by atoms with van der Waals surface area (Å²) in [5.41, 5.74) is 0.547. The highest BCUT2D eigenvalue weighted by Gasteiger charge is 2.06. The molecular formula is C5H6N6O.